The molecule has 30 heavy (non-hydrogen) atoms. The minimum Gasteiger partial charge on any atom is -0.378 e. The minimum absolute atomic E-state index is 0.265. The number of pyridine rings is 1. The zero-order chi connectivity index (χ0) is 21.1. The first kappa shape index (κ1) is 19.9. The van der Waals surface area contributed by atoms with Gasteiger partial charge in [0, 0.05) is 44.5 Å². The Morgan fingerprint density at radius 2 is 2.30 bits per heavy atom. The summed E-state index contributed by atoms with van der Waals surface area (Å²) in [6.45, 7) is 1.60. The zero-order valence-corrected chi connectivity index (χ0v) is 16.7. The lowest BCUT2D eigenvalue weighted by Gasteiger charge is -2.36. The number of hydrogen-bond donors (Lipinski definition) is 3. The number of hydrogen-bond acceptors (Lipinski definition) is 5. The molecule has 3 aromatic rings. The number of benzene rings is 1. The minimum atomic E-state index is -1.10. The maximum Gasteiger partial charge on any atom is 0.254 e. The van der Waals surface area contributed by atoms with Crippen molar-refractivity contribution in [1.29, 1.82) is 5.26 Å². The van der Waals surface area contributed by atoms with Crippen LogP contribution in [0.25, 0.3) is 11.0 Å². The number of fused-ring (bicyclic) bond motifs is 1. The number of aromatic amines is 1. The van der Waals surface area contributed by atoms with Crippen LogP contribution >= 0.6 is 0 Å². The predicted molar refractivity (Wildman–Crippen MR) is 113 cm³/mol. The van der Waals surface area contributed by atoms with Crippen molar-refractivity contribution in [3.63, 3.8) is 0 Å². The third kappa shape index (κ3) is 3.98. The van der Waals surface area contributed by atoms with Gasteiger partial charge >= 0.3 is 0 Å². The van der Waals surface area contributed by atoms with Crippen LogP contribution < -0.4 is 10.6 Å². The number of piperidine rings is 1. The van der Waals surface area contributed by atoms with Crippen LogP contribution in [0.5, 0.6) is 0 Å². The molecule has 1 aromatic carbocycles. The van der Waals surface area contributed by atoms with Crippen LogP contribution in [-0.4, -0.2) is 53.1 Å². The van der Waals surface area contributed by atoms with E-state index in [0.29, 0.717) is 42.0 Å². The lowest BCUT2D eigenvalue weighted by atomic mass is 10.0. The number of aromatic nitrogens is 2. The number of carbonyl (C=O) groups is 1. The third-order valence-corrected chi connectivity index (χ3v) is 5.48. The molecule has 2 aromatic heterocycles. The van der Waals surface area contributed by atoms with E-state index in [0.717, 1.165) is 10.9 Å². The topological polar surface area (TPSA) is 96.8 Å². The molecule has 0 bridgehead atoms. The maximum absolute atomic E-state index is 15.1. The monoisotopic (exact) mass is 406 g/mol. The Kier molecular flexibility index (Phi) is 5.63. The summed E-state index contributed by atoms with van der Waals surface area (Å²) in [6.07, 6.45) is 2.75. The molecular weight excluding hydrogens is 383 g/mol. The Labute approximate surface area is 173 Å². The summed E-state index contributed by atoms with van der Waals surface area (Å²) in [5, 5.41) is 15.7. The summed E-state index contributed by atoms with van der Waals surface area (Å²) in [5.74, 6) is -0.265. The van der Waals surface area contributed by atoms with Gasteiger partial charge in [0.05, 0.1) is 28.9 Å². The van der Waals surface area contributed by atoms with Crippen molar-refractivity contribution in [2.75, 3.05) is 25.5 Å². The van der Waals surface area contributed by atoms with Crippen LogP contribution in [0, 0.1) is 11.3 Å². The van der Waals surface area contributed by atoms with E-state index < -0.39 is 12.2 Å². The Morgan fingerprint density at radius 3 is 3.07 bits per heavy atom. The van der Waals surface area contributed by atoms with Crippen LogP contribution in [0.4, 0.5) is 10.1 Å². The van der Waals surface area contributed by atoms with Gasteiger partial charge in [0.1, 0.15) is 11.8 Å². The summed E-state index contributed by atoms with van der Waals surface area (Å²) >= 11 is 0. The van der Waals surface area contributed by atoms with Gasteiger partial charge < -0.3 is 15.6 Å². The SMILES string of the molecule is CNC(=O)c1cnc2[nH]ccc2c1N[C@@H]1CCN(Cc2cccc(C#N)c2)C[C@H]1F. The van der Waals surface area contributed by atoms with E-state index in [4.69, 9.17) is 5.26 Å². The Hall–Kier alpha value is -3.44. The molecule has 0 unspecified atom stereocenters. The first-order valence-electron chi connectivity index (χ1n) is 9.89. The average molecular weight is 406 g/mol. The number of amides is 1. The molecule has 1 fully saturated rings. The number of carbonyl (C=O) groups excluding carboxylic acids is 1. The van der Waals surface area contributed by atoms with E-state index in [2.05, 4.69) is 31.6 Å². The summed E-state index contributed by atoms with van der Waals surface area (Å²) in [6, 6.07) is 11.0. The first-order chi connectivity index (χ1) is 14.6. The molecule has 3 N–H and O–H groups in total. The standard InChI is InChI=1S/C22H23FN6O/c1-25-22(30)17-11-27-21-16(5-7-26-21)20(17)28-19-6-8-29(13-18(19)23)12-15-4-2-3-14(9-15)10-24/h2-5,7,9,11,18-19H,6,8,12-13H2,1H3,(H,25,30)(H2,26,27,28)/t18-,19-/m1/s1. The summed E-state index contributed by atoms with van der Waals surface area (Å²) in [4.78, 5) is 21.7. The van der Waals surface area contributed by atoms with Crippen molar-refractivity contribution in [2.24, 2.45) is 0 Å². The van der Waals surface area contributed by atoms with Crippen LogP contribution in [0.1, 0.15) is 27.9 Å². The molecule has 1 amide bonds. The predicted octanol–water partition coefficient (Wildman–Crippen LogP) is 2.82. The Bertz CT molecular complexity index is 1100. The smallest absolute Gasteiger partial charge is 0.254 e. The molecule has 2 atom stereocenters. The quantitative estimate of drug-likeness (QED) is 0.605. The van der Waals surface area contributed by atoms with Gasteiger partial charge in [0.2, 0.25) is 0 Å². The van der Waals surface area contributed by atoms with Gasteiger partial charge in [-0.1, -0.05) is 12.1 Å². The molecule has 7 nitrogen and oxygen atoms in total. The molecule has 8 heteroatoms. The van der Waals surface area contributed by atoms with Gasteiger partial charge in [-0.25, -0.2) is 9.37 Å². The highest BCUT2D eigenvalue weighted by Gasteiger charge is 2.30. The van der Waals surface area contributed by atoms with E-state index >= 15 is 4.39 Å². The number of likely N-dealkylation sites (tertiary alicyclic amines) is 1. The average Bonchev–Trinajstić information content (AvgIpc) is 3.24. The Morgan fingerprint density at radius 1 is 1.43 bits per heavy atom. The maximum atomic E-state index is 15.1. The highest BCUT2D eigenvalue weighted by molar-refractivity contribution is 6.06. The molecule has 0 aliphatic carbocycles. The second-order valence-corrected chi connectivity index (χ2v) is 7.47. The number of rotatable bonds is 5. The number of nitrogens with one attached hydrogen (secondary N) is 3. The van der Waals surface area contributed by atoms with Gasteiger partial charge in [0.15, 0.2) is 0 Å². The van der Waals surface area contributed by atoms with Gasteiger partial charge in [-0.2, -0.15) is 5.26 Å². The van der Waals surface area contributed by atoms with E-state index in [1.54, 1.807) is 19.3 Å². The van der Waals surface area contributed by atoms with Crippen LogP contribution in [0.2, 0.25) is 0 Å². The largest absolute Gasteiger partial charge is 0.378 e. The molecule has 1 saturated heterocycles. The lowest BCUT2D eigenvalue weighted by Crippen LogP contribution is -2.47. The number of nitrogens with zero attached hydrogens (tertiary/aromatic N) is 3. The number of anilines is 1. The molecule has 0 spiro atoms. The number of nitriles is 1. The van der Waals surface area contributed by atoms with E-state index in [1.807, 2.05) is 24.3 Å². The lowest BCUT2D eigenvalue weighted by molar-refractivity contribution is 0.0962. The van der Waals surface area contributed by atoms with Gasteiger partial charge in [-0.3, -0.25) is 9.69 Å². The van der Waals surface area contributed by atoms with Crippen LogP contribution in [0.15, 0.2) is 42.7 Å². The number of H-pyrrole nitrogens is 1. The molecule has 3 heterocycles. The number of alkyl halides is 1. The summed E-state index contributed by atoms with van der Waals surface area (Å²) < 4.78 is 15.1. The van der Waals surface area contributed by atoms with Crippen molar-refractivity contribution in [1.82, 2.24) is 20.2 Å². The fourth-order valence-corrected chi connectivity index (χ4v) is 3.93. The van der Waals surface area contributed by atoms with E-state index in [9.17, 15) is 4.79 Å². The van der Waals surface area contributed by atoms with Crippen molar-refractivity contribution >= 4 is 22.6 Å². The van der Waals surface area contributed by atoms with Crippen LogP contribution in [0.3, 0.4) is 0 Å². The first-order valence-corrected chi connectivity index (χ1v) is 9.89. The van der Waals surface area contributed by atoms with Gasteiger partial charge in [-0.05, 0) is 30.2 Å². The number of halogens is 1. The molecular formula is C22H23FN6O. The normalized spacial score (nSPS) is 19.4. The van der Waals surface area contributed by atoms with Crippen molar-refractivity contribution in [3.05, 3.63) is 59.4 Å². The molecule has 4 rings (SSSR count). The van der Waals surface area contributed by atoms with E-state index in [1.165, 1.54) is 6.20 Å². The van der Waals surface area contributed by atoms with Gasteiger partial charge in [0.25, 0.3) is 5.91 Å². The van der Waals surface area contributed by atoms with E-state index in [-0.39, 0.29) is 12.5 Å². The molecule has 1 aliphatic rings. The molecule has 154 valence electrons. The highest BCUT2D eigenvalue weighted by Crippen LogP contribution is 2.29. The third-order valence-electron chi connectivity index (χ3n) is 5.48. The zero-order valence-electron chi connectivity index (χ0n) is 16.7. The van der Waals surface area contributed by atoms with Crippen LogP contribution in [-0.2, 0) is 6.54 Å². The highest BCUT2D eigenvalue weighted by atomic mass is 19.1. The molecule has 0 saturated carbocycles. The van der Waals surface area contributed by atoms with Crippen molar-refractivity contribution in [3.8, 4) is 6.07 Å². The van der Waals surface area contributed by atoms with Gasteiger partial charge in [-0.15, -0.1) is 0 Å². The second-order valence-electron chi connectivity index (χ2n) is 7.47. The summed E-state index contributed by atoms with van der Waals surface area (Å²) in [5.41, 5.74) is 3.25. The van der Waals surface area contributed by atoms with Crippen molar-refractivity contribution in [2.45, 2.75) is 25.2 Å². The molecule has 0 radical (unpaired) electrons. The molecule has 1 aliphatic heterocycles. The second kappa shape index (κ2) is 8.51. The Balaban J connectivity index is 1.49. The fourth-order valence-electron chi connectivity index (χ4n) is 3.93. The fraction of sp³-hybridized carbons (Fsp3) is 0.318. The van der Waals surface area contributed by atoms with Crippen molar-refractivity contribution < 1.29 is 9.18 Å². The summed E-state index contributed by atoms with van der Waals surface area (Å²) in [7, 11) is 1.56.